The number of furan rings is 1. The summed E-state index contributed by atoms with van der Waals surface area (Å²) >= 11 is 0. The summed E-state index contributed by atoms with van der Waals surface area (Å²) in [4.78, 5) is 23.0. The fourth-order valence-electron chi connectivity index (χ4n) is 1.43. The van der Waals surface area contributed by atoms with Crippen LogP contribution in [0.2, 0.25) is 0 Å². The fourth-order valence-corrected chi connectivity index (χ4v) is 1.43. The summed E-state index contributed by atoms with van der Waals surface area (Å²) in [6, 6.07) is 8.55. The molecule has 98 valence electrons. The molecule has 0 saturated heterocycles. The number of hydrogen-bond donors (Lipinski definition) is 2. The Hall–Kier alpha value is -2.63. The number of carbonyl (C=O) groups excluding carboxylic acids is 2. The van der Waals surface area contributed by atoms with Crippen molar-refractivity contribution in [2.24, 2.45) is 0 Å². The van der Waals surface area contributed by atoms with Crippen molar-refractivity contribution in [1.29, 1.82) is 0 Å². The minimum absolute atomic E-state index is 0.124. The van der Waals surface area contributed by atoms with Gasteiger partial charge in [0.1, 0.15) is 5.82 Å². The molecule has 0 radical (unpaired) electrons. The third-order valence-corrected chi connectivity index (χ3v) is 2.26. The van der Waals surface area contributed by atoms with E-state index in [1.54, 1.807) is 12.1 Å². The highest BCUT2D eigenvalue weighted by Gasteiger charge is 2.10. The van der Waals surface area contributed by atoms with Gasteiger partial charge in [0.25, 0.3) is 5.91 Å². The van der Waals surface area contributed by atoms with E-state index >= 15 is 0 Å². The van der Waals surface area contributed by atoms with Gasteiger partial charge in [-0.3, -0.25) is 9.59 Å². The average Bonchev–Trinajstić information content (AvgIpc) is 2.90. The summed E-state index contributed by atoms with van der Waals surface area (Å²) < 4.78 is 17.8. The van der Waals surface area contributed by atoms with Crippen LogP contribution < -0.4 is 10.6 Å². The third-order valence-electron chi connectivity index (χ3n) is 2.26. The lowest BCUT2D eigenvalue weighted by molar-refractivity contribution is -0.115. The van der Waals surface area contributed by atoms with Gasteiger partial charge in [0.2, 0.25) is 5.91 Å². The Bertz CT molecular complexity index is 581. The van der Waals surface area contributed by atoms with E-state index in [0.29, 0.717) is 5.69 Å². The van der Waals surface area contributed by atoms with E-state index in [2.05, 4.69) is 10.6 Å². The molecule has 0 spiro atoms. The molecule has 1 aromatic heterocycles. The lowest BCUT2D eigenvalue weighted by atomic mass is 10.3. The van der Waals surface area contributed by atoms with Crippen LogP contribution in [0.5, 0.6) is 0 Å². The quantitative estimate of drug-likeness (QED) is 0.882. The fraction of sp³-hybridized carbons (Fsp3) is 0.0769. The molecule has 0 aliphatic carbocycles. The summed E-state index contributed by atoms with van der Waals surface area (Å²) in [5.74, 6) is -1.26. The second-order valence-electron chi connectivity index (χ2n) is 3.72. The minimum atomic E-state index is -0.487. The van der Waals surface area contributed by atoms with Crippen molar-refractivity contribution in [2.45, 2.75) is 0 Å². The highest BCUT2D eigenvalue weighted by Crippen LogP contribution is 2.08. The van der Waals surface area contributed by atoms with E-state index in [-0.39, 0.29) is 12.3 Å². The van der Waals surface area contributed by atoms with E-state index in [4.69, 9.17) is 4.42 Å². The normalized spacial score (nSPS) is 9.95. The van der Waals surface area contributed by atoms with Crippen LogP contribution in [0.1, 0.15) is 10.6 Å². The molecule has 5 nitrogen and oxygen atoms in total. The standard InChI is InChI=1S/C13H11FN2O3/c14-9-3-1-4-10(7-9)16-12(17)8-15-13(18)11-5-2-6-19-11/h1-7H,8H2,(H,15,18)(H,16,17). The Labute approximate surface area is 108 Å². The average molecular weight is 262 g/mol. The van der Waals surface area contributed by atoms with Crippen LogP contribution in [0.4, 0.5) is 10.1 Å². The van der Waals surface area contributed by atoms with Crippen LogP contribution in [0.3, 0.4) is 0 Å². The Morgan fingerprint density at radius 3 is 2.74 bits per heavy atom. The molecular weight excluding hydrogens is 251 g/mol. The van der Waals surface area contributed by atoms with Crippen LogP contribution in [0, 0.1) is 5.82 Å². The van der Waals surface area contributed by atoms with Gasteiger partial charge in [0.15, 0.2) is 5.76 Å². The molecule has 19 heavy (non-hydrogen) atoms. The molecule has 6 heteroatoms. The van der Waals surface area contributed by atoms with E-state index in [9.17, 15) is 14.0 Å². The number of nitrogens with one attached hydrogen (secondary N) is 2. The molecule has 0 atom stereocenters. The number of benzene rings is 1. The zero-order valence-electron chi connectivity index (χ0n) is 9.85. The summed E-state index contributed by atoms with van der Waals surface area (Å²) in [5.41, 5.74) is 0.331. The largest absolute Gasteiger partial charge is 0.459 e. The van der Waals surface area contributed by atoms with Gasteiger partial charge >= 0.3 is 0 Å². The molecule has 2 rings (SSSR count). The summed E-state index contributed by atoms with van der Waals surface area (Å²) in [5, 5.41) is 4.84. The smallest absolute Gasteiger partial charge is 0.287 e. The van der Waals surface area contributed by atoms with Crippen molar-refractivity contribution in [1.82, 2.24) is 5.32 Å². The second kappa shape index (κ2) is 5.81. The van der Waals surface area contributed by atoms with Crippen molar-refractivity contribution in [3.8, 4) is 0 Å². The van der Waals surface area contributed by atoms with E-state index in [1.807, 2.05) is 0 Å². The van der Waals surface area contributed by atoms with Crippen molar-refractivity contribution >= 4 is 17.5 Å². The first-order valence-electron chi connectivity index (χ1n) is 5.52. The number of hydrogen-bond acceptors (Lipinski definition) is 3. The van der Waals surface area contributed by atoms with Gasteiger partial charge in [-0.25, -0.2) is 4.39 Å². The third kappa shape index (κ3) is 3.67. The summed E-state index contributed by atoms with van der Waals surface area (Å²) in [6.45, 7) is -0.226. The lowest BCUT2D eigenvalue weighted by Crippen LogP contribution is -2.32. The van der Waals surface area contributed by atoms with Gasteiger partial charge < -0.3 is 15.1 Å². The van der Waals surface area contributed by atoms with Crippen LogP contribution in [0.25, 0.3) is 0 Å². The number of carbonyl (C=O) groups is 2. The molecule has 1 heterocycles. The van der Waals surface area contributed by atoms with Crippen LogP contribution in [0.15, 0.2) is 47.1 Å². The highest BCUT2D eigenvalue weighted by atomic mass is 19.1. The molecular formula is C13H11FN2O3. The van der Waals surface area contributed by atoms with E-state index in [0.717, 1.165) is 0 Å². The maximum absolute atomic E-state index is 12.9. The second-order valence-corrected chi connectivity index (χ2v) is 3.72. The molecule has 2 aromatic rings. The molecule has 1 aromatic carbocycles. The number of amides is 2. The Morgan fingerprint density at radius 2 is 2.05 bits per heavy atom. The van der Waals surface area contributed by atoms with Gasteiger partial charge in [-0.1, -0.05) is 6.07 Å². The molecule has 2 amide bonds. The van der Waals surface area contributed by atoms with E-state index in [1.165, 1.54) is 30.5 Å². The number of anilines is 1. The van der Waals surface area contributed by atoms with Crippen molar-refractivity contribution < 1.29 is 18.4 Å². The SMILES string of the molecule is O=C(CNC(=O)c1ccco1)Nc1cccc(F)c1. The topological polar surface area (TPSA) is 71.3 Å². The predicted molar refractivity (Wildman–Crippen MR) is 66.1 cm³/mol. The van der Waals surface area contributed by atoms with Crippen LogP contribution >= 0.6 is 0 Å². The minimum Gasteiger partial charge on any atom is -0.459 e. The lowest BCUT2D eigenvalue weighted by Gasteiger charge is -2.05. The van der Waals surface area contributed by atoms with Crippen LogP contribution in [-0.2, 0) is 4.79 Å². The molecule has 0 aliphatic rings. The maximum Gasteiger partial charge on any atom is 0.287 e. The van der Waals surface area contributed by atoms with Gasteiger partial charge in [-0.2, -0.15) is 0 Å². The predicted octanol–water partition coefficient (Wildman–Crippen LogP) is 1.79. The van der Waals surface area contributed by atoms with Crippen molar-refractivity contribution in [3.05, 3.63) is 54.2 Å². The van der Waals surface area contributed by atoms with Crippen molar-refractivity contribution in [2.75, 3.05) is 11.9 Å². The summed E-state index contributed by atoms with van der Waals surface area (Å²) in [6.07, 6.45) is 1.36. The maximum atomic E-state index is 12.9. The summed E-state index contributed by atoms with van der Waals surface area (Å²) in [7, 11) is 0. The molecule has 0 bridgehead atoms. The van der Waals surface area contributed by atoms with Crippen molar-refractivity contribution in [3.63, 3.8) is 0 Å². The molecule has 0 unspecified atom stereocenters. The Balaban J connectivity index is 1.83. The number of halogens is 1. The molecule has 0 aliphatic heterocycles. The van der Waals surface area contributed by atoms with Crippen LogP contribution in [-0.4, -0.2) is 18.4 Å². The molecule has 0 saturated carbocycles. The monoisotopic (exact) mass is 262 g/mol. The van der Waals surface area contributed by atoms with Gasteiger partial charge in [-0.15, -0.1) is 0 Å². The Morgan fingerprint density at radius 1 is 1.21 bits per heavy atom. The van der Waals surface area contributed by atoms with Gasteiger partial charge in [0.05, 0.1) is 12.8 Å². The Kier molecular flexibility index (Phi) is 3.92. The van der Waals surface area contributed by atoms with E-state index < -0.39 is 17.6 Å². The van der Waals surface area contributed by atoms with Gasteiger partial charge in [0, 0.05) is 5.69 Å². The highest BCUT2D eigenvalue weighted by molar-refractivity contribution is 5.97. The number of rotatable bonds is 4. The first-order valence-corrected chi connectivity index (χ1v) is 5.52. The zero-order chi connectivity index (χ0) is 13.7. The first-order chi connectivity index (χ1) is 9.15. The molecule has 0 fully saturated rings. The molecule has 2 N–H and O–H groups in total. The van der Waals surface area contributed by atoms with Gasteiger partial charge in [-0.05, 0) is 30.3 Å². The zero-order valence-corrected chi connectivity index (χ0v) is 9.85. The first kappa shape index (κ1) is 12.8.